The van der Waals surface area contributed by atoms with Crippen molar-refractivity contribution in [2.75, 3.05) is 49.6 Å². The third kappa shape index (κ3) is 4.58. The Hall–Kier alpha value is -3.82. The number of nitrogens with zero attached hydrogens (tertiary/aromatic N) is 4. The average Bonchev–Trinajstić information content (AvgIpc) is 3.19. The van der Waals surface area contributed by atoms with Crippen LogP contribution in [0.2, 0.25) is 0 Å². The van der Waals surface area contributed by atoms with Crippen LogP contribution in [0.25, 0.3) is 0 Å². The van der Waals surface area contributed by atoms with Gasteiger partial charge in [-0.05, 0) is 24.3 Å². The summed E-state index contributed by atoms with van der Waals surface area (Å²) in [6, 6.07) is 13.3. The van der Waals surface area contributed by atoms with E-state index >= 15 is 0 Å². The van der Waals surface area contributed by atoms with Crippen LogP contribution < -0.4 is 19.9 Å². The number of nitro benzene ring substituents is 1. The minimum atomic E-state index is -0.421. The summed E-state index contributed by atoms with van der Waals surface area (Å²) in [5, 5.41) is 13.8. The van der Waals surface area contributed by atoms with Gasteiger partial charge in [0.1, 0.15) is 5.75 Å². The van der Waals surface area contributed by atoms with Crippen molar-refractivity contribution in [1.29, 1.82) is 0 Å². The fourth-order valence-corrected chi connectivity index (χ4v) is 4.05. The molecule has 2 aliphatic rings. The van der Waals surface area contributed by atoms with Gasteiger partial charge in [-0.15, -0.1) is 0 Å². The smallest absolute Gasteiger partial charge is 0.317 e. The predicted octanol–water partition coefficient (Wildman–Crippen LogP) is 2.24. The maximum absolute atomic E-state index is 12.7. The van der Waals surface area contributed by atoms with E-state index in [1.807, 2.05) is 18.2 Å². The van der Waals surface area contributed by atoms with Gasteiger partial charge in [-0.25, -0.2) is 4.79 Å². The Morgan fingerprint density at radius 1 is 1.09 bits per heavy atom. The SMILES string of the molecule is COc1cccc(N2CC(NC(=O)N3CCN(c4ccc([N+](=O)[O-])cc4)CC3)CC2=O)c1. The van der Waals surface area contributed by atoms with Gasteiger partial charge in [0, 0.05) is 68.7 Å². The largest absolute Gasteiger partial charge is 0.497 e. The Bertz CT molecular complexity index is 1000. The zero-order chi connectivity index (χ0) is 22.7. The van der Waals surface area contributed by atoms with Gasteiger partial charge in [-0.2, -0.15) is 0 Å². The van der Waals surface area contributed by atoms with Crippen LogP contribution in [0, 0.1) is 10.1 Å². The monoisotopic (exact) mass is 439 g/mol. The molecule has 10 nitrogen and oxygen atoms in total. The highest BCUT2D eigenvalue weighted by Gasteiger charge is 2.33. The number of benzene rings is 2. The number of non-ortho nitro benzene ring substituents is 1. The van der Waals surface area contributed by atoms with Crippen molar-refractivity contribution >= 4 is 29.0 Å². The maximum Gasteiger partial charge on any atom is 0.317 e. The number of nitro groups is 1. The maximum atomic E-state index is 12.7. The standard InChI is InChI=1S/C22H25N5O5/c1-32-20-4-2-3-19(14-20)26-15-16(13-21(26)28)23-22(29)25-11-9-24(10-12-25)17-5-7-18(8-6-17)27(30)31/h2-8,14,16H,9-13,15H2,1H3,(H,23,29). The molecule has 1 N–H and O–H groups in total. The molecule has 1 unspecified atom stereocenters. The van der Waals surface area contributed by atoms with Crippen LogP contribution >= 0.6 is 0 Å². The molecule has 3 amide bonds. The quantitative estimate of drug-likeness (QED) is 0.565. The zero-order valence-corrected chi connectivity index (χ0v) is 17.8. The van der Waals surface area contributed by atoms with Crippen molar-refractivity contribution < 1.29 is 19.2 Å². The Morgan fingerprint density at radius 2 is 1.81 bits per heavy atom. The summed E-state index contributed by atoms with van der Waals surface area (Å²) in [7, 11) is 1.58. The molecular formula is C22H25N5O5. The van der Waals surface area contributed by atoms with E-state index in [-0.39, 0.29) is 30.1 Å². The Kier molecular flexibility index (Phi) is 6.11. The highest BCUT2D eigenvalue weighted by molar-refractivity contribution is 5.97. The summed E-state index contributed by atoms with van der Waals surface area (Å²) in [6.45, 7) is 2.74. The first-order valence-corrected chi connectivity index (χ1v) is 10.4. The highest BCUT2D eigenvalue weighted by atomic mass is 16.6. The van der Waals surface area contributed by atoms with Crippen LogP contribution in [0.4, 0.5) is 21.9 Å². The van der Waals surface area contributed by atoms with Crippen molar-refractivity contribution in [3.05, 3.63) is 58.6 Å². The number of methoxy groups -OCH3 is 1. The van der Waals surface area contributed by atoms with Crippen LogP contribution in [0.15, 0.2) is 48.5 Å². The zero-order valence-electron chi connectivity index (χ0n) is 17.8. The topological polar surface area (TPSA) is 108 Å². The predicted molar refractivity (Wildman–Crippen MR) is 119 cm³/mol. The minimum absolute atomic E-state index is 0.0356. The van der Waals surface area contributed by atoms with Crippen LogP contribution in [-0.2, 0) is 4.79 Å². The van der Waals surface area contributed by atoms with Gasteiger partial charge in [-0.3, -0.25) is 14.9 Å². The molecule has 0 radical (unpaired) electrons. The summed E-state index contributed by atoms with van der Waals surface area (Å²) < 4.78 is 5.23. The number of urea groups is 1. The van der Waals surface area contributed by atoms with Crippen LogP contribution in [0.3, 0.4) is 0 Å². The highest BCUT2D eigenvalue weighted by Crippen LogP contribution is 2.26. The second-order valence-corrected chi connectivity index (χ2v) is 7.80. The number of ether oxygens (including phenoxy) is 1. The first kappa shape index (κ1) is 21.4. The minimum Gasteiger partial charge on any atom is -0.497 e. The van der Waals surface area contributed by atoms with E-state index in [0.29, 0.717) is 38.5 Å². The number of piperazine rings is 1. The molecule has 0 bridgehead atoms. The number of rotatable bonds is 5. The number of anilines is 2. The van der Waals surface area contributed by atoms with E-state index in [2.05, 4.69) is 10.2 Å². The molecule has 2 aromatic rings. The number of hydrogen-bond donors (Lipinski definition) is 1. The lowest BCUT2D eigenvalue weighted by Crippen LogP contribution is -2.53. The number of carbonyl (C=O) groups is 2. The third-order valence-corrected chi connectivity index (χ3v) is 5.81. The lowest BCUT2D eigenvalue weighted by atomic mass is 10.2. The van der Waals surface area contributed by atoms with Crippen LogP contribution in [0.5, 0.6) is 5.75 Å². The molecule has 0 aliphatic carbocycles. The molecule has 2 heterocycles. The van der Waals surface area contributed by atoms with Gasteiger partial charge in [0.25, 0.3) is 5.69 Å². The first-order chi connectivity index (χ1) is 15.4. The van der Waals surface area contributed by atoms with Gasteiger partial charge in [0.05, 0.1) is 18.1 Å². The lowest BCUT2D eigenvalue weighted by molar-refractivity contribution is -0.384. The Morgan fingerprint density at radius 3 is 2.47 bits per heavy atom. The molecule has 1 atom stereocenters. The number of hydrogen-bond acceptors (Lipinski definition) is 6. The van der Waals surface area contributed by atoms with Gasteiger partial charge >= 0.3 is 6.03 Å². The molecule has 0 spiro atoms. The fourth-order valence-electron chi connectivity index (χ4n) is 4.05. The van der Waals surface area contributed by atoms with Crippen molar-refractivity contribution in [2.24, 2.45) is 0 Å². The molecule has 2 aromatic carbocycles. The van der Waals surface area contributed by atoms with E-state index in [0.717, 1.165) is 11.4 Å². The Balaban J connectivity index is 1.29. The summed E-state index contributed by atoms with van der Waals surface area (Å²) >= 11 is 0. The van der Waals surface area contributed by atoms with E-state index in [9.17, 15) is 19.7 Å². The molecular weight excluding hydrogens is 414 g/mol. The molecule has 0 aromatic heterocycles. The first-order valence-electron chi connectivity index (χ1n) is 10.4. The average molecular weight is 439 g/mol. The molecule has 32 heavy (non-hydrogen) atoms. The van der Waals surface area contributed by atoms with Crippen LogP contribution in [-0.4, -0.2) is 67.6 Å². The molecule has 2 fully saturated rings. The van der Waals surface area contributed by atoms with Gasteiger partial charge in [0.2, 0.25) is 5.91 Å². The fraction of sp³-hybridized carbons (Fsp3) is 0.364. The molecule has 0 saturated carbocycles. The van der Waals surface area contributed by atoms with Crippen LogP contribution in [0.1, 0.15) is 6.42 Å². The van der Waals surface area contributed by atoms with E-state index in [4.69, 9.17) is 4.74 Å². The summed E-state index contributed by atoms with van der Waals surface area (Å²) in [4.78, 5) is 41.1. The van der Waals surface area contributed by atoms with Crippen molar-refractivity contribution in [2.45, 2.75) is 12.5 Å². The van der Waals surface area contributed by atoms with Crippen molar-refractivity contribution in [3.8, 4) is 5.75 Å². The van der Waals surface area contributed by atoms with E-state index in [1.54, 1.807) is 35.1 Å². The Labute approximate surface area is 185 Å². The van der Waals surface area contributed by atoms with E-state index in [1.165, 1.54) is 12.1 Å². The number of nitrogens with one attached hydrogen (secondary N) is 1. The molecule has 168 valence electrons. The number of carbonyl (C=O) groups excluding carboxylic acids is 2. The molecule has 4 rings (SSSR count). The van der Waals surface area contributed by atoms with Crippen molar-refractivity contribution in [1.82, 2.24) is 10.2 Å². The van der Waals surface area contributed by atoms with E-state index < -0.39 is 4.92 Å². The molecule has 10 heteroatoms. The normalized spacial score (nSPS) is 18.6. The summed E-state index contributed by atoms with van der Waals surface area (Å²) in [6.07, 6.45) is 0.256. The van der Waals surface area contributed by atoms with Gasteiger partial charge in [0.15, 0.2) is 0 Å². The van der Waals surface area contributed by atoms with Gasteiger partial charge in [-0.1, -0.05) is 6.07 Å². The molecule has 2 saturated heterocycles. The molecule has 2 aliphatic heterocycles. The lowest BCUT2D eigenvalue weighted by Gasteiger charge is -2.36. The van der Waals surface area contributed by atoms with Gasteiger partial charge < -0.3 is 24.8 Å². The number of amides is 3. The third-order valence-electron chi connectivity index (χ3n) is 5.81. The summed E-state index contributed by atoms with van der Waals surface area (Å²) in [5.74, 6) is 0.639. The second-order valence-electron chi connectivity index (χ2n) is 7.80. The summed E-state index contributed by atoms with van der Waals surface area (Å²) in [5.41, 5.74) is 1.70. The van der Waals surface area contributed by atoms with Crippen molar-refractivity contribution in [3.63, 3.8) is 0 Å². The second kappa shape index (κ2) is 9.13.